The van der Waals surface area contributed by atoms with E-state index in [9.17, 15) is 4.79 Å². The molecule has 1 aliphatic heterocycles. The van der Waals surface area contributed by atoms with Gasteiger partial charge in [-0.1, -0.05) is 54.1 Å². The van der Waals surface area contributed by atoms with Crippen molar-refractivity contribution < 1.29 is 9.63 Å². The monoisotopic (exact) mass is 315 g/mol. The maximum atomic E-state index is 12.0. The lowest BCUT2D eigenvalue weighted by Crippen LogP contribution is -2.41. The van der Waals surface area contributed by atoms with Crippen molar-refractivity contribution in [3.05, 3.63) is 70.7 Å². The summed E-state index contributed by atoms with van der Waals surface area (Å²) < 4.78 is 0. The molecule has 1 aliphatic rings. The average molecular weight is 316 g/mol. The van der Waals surface area contributed by atoms with Gasteiger partial charge in [0.15, 0.2) is 0 Å². The zero-order chi connectivity index (χ0) is 15.6. The predicted octanol–water partition coefficient (Wildman–Crippen LogP) is 3.96. The minimum absolute atomic E-state index is 0.00964. The molecule has 0 spiro atoms. The summed E-state index contributed by atoms with van der Waals surface area (Å²) in [5.74, 6) is 0. The van der Waals surface area contributed by atoms with Gasteiger partial charge < -0.3 is 4.79 Å². The summed E-state index contributed by atoms with van der Waals surface area (Å²) in [7, 11) is 0. The molecule has 22 heavy (non-hydrogen) atoms. The van der Waals surface area contributed by atoms with Gasteiger partial charge in [0.1, 0.15) is 11.8 Å². The third kappa shape index (κ3) is 2.80. The fourth-order valence-electron chi connectivity index (χ4n) is 2.99. The van der Waals surface area contributed by atoms with Crippen LogP contribution in [0.2, 0.25) is 5.02 Å². The smallest absolute Gasteiger partial charge is 0.147 e. The van der Waals surface area contributed by atoms with Gasteiger partial charge in [0.2, 0.25) is 0 Å². The Bertz CT molecular complexity index is 644. The molecule has 0 bridgehead atoms. The number of hydrogen-bond acceptors (Lipinski definition) is 3. The number of carbonyl (C=O) groups excluding carboxylic acids is 1. The van der Waals surface area contributed by atoms with E-state index in [0.29, 0.717) is 18.0 Å². The molecular formula is C18H18ClNO2. The van der Waals surface area contributed by atoms with Crippen molar-refractivity contribution >= 4 is 17.9 Å². The highest BCUT2D eigenvalue weighted by molar-refractivity contribution is 6.30. The molecule has 1 fully saturated rings. The van der Waals surface area contributed by atoms with Crippen molar-refractivity contribution in [2.45, 2.75) is 31.5 Å². The molecule has 2 aromatic carbocycles. The van der Waals surface area contributed by atoms with Gasteiger partial charge in [-0.05, 0) is 30.2 Å². The molecule has 4 heteroatoms. The Kier molecular flexibility index (Phi) is 4.30. The second kappa shape index (κ2) is 6.21. The first kappa shape index (κ1) is 15.2. The van der Waals surface area contributed by atoms with Gasteiger partial charge in [-0.2, -0.15) is 5.06 Å². The number of aldehydes is 1. The van der Waals surface area contributed by atoms with Gasteiger partial charge >= 0.3 is 0 Å². The Morgan fingerprint density at radius 2 is 1.91 bits per heavy atom. The number of rotatable bonds is 4. The van der Waals surface area contributed by atoms with Crippen LogP contribution in [0, 0.1) is 0 Å². The van der Waals surface area contributed by atoms with Crippen LogP contribution in [0.15, 0.2) is 54.6 Å². The number of halogens is 1. The summed E-state index contributed by atoms with van der Waals surface area (Å²) in [4.78, 5) is 17.9. The molecule has 0 N–H and O–H groups in total. The molecule has 3 rings (SSSR count). The second-order valence-corrected chi connectivity index (χ2v) is 6.13. The standard InChI is InChI=1S/C18H18ClNO2/c1-14-11-18(13-21,16-7-9-17(19)10-8-16)20(22-14)12-15-5-3-2-4-6-15/h2-10,13-14H,11-12H2,1H3/t14-,18+/m1/s1. The highest BCUT2D eigenvalue weighted by Crippen LogP contribution is 2.40. The Hall–Kier alpha value is -1.68. The normalized spacial score (nSPS) is 25.3. The first-order valence-electron chi connectivity index (χ1n) is 7.35. The minimum Gasteiger partial charge on any atom is -0.301 e. The molecule has 114 valence electrons. The van der Waals surface area contributed by atoms with Gasteiger partial charge in [-0.3, -0.25) is 4.84 Å². The fourth-order valence-corrected chi connectivity index (χ4v) is 3.12. The molecule has 0 aromatic heterocycles. The lowest BCUT2D eigenvalue weighted by atomic mass is 9.86. The van der Waals surface area contributed by atoms with E-state index < -0.39 is 5.54 Å². The third-order valence-electron chi connectivity index (χ3n) is 4.06. The van der Waals surface area contributed by atoms with E-state index >= 15 is 0 Å². The van der Waals surface area contributed by atoms with Crippen LogP contribution in [0.4, 0.5) is 0 Å². The van der Waals surface area contributed by atoms with Gasteiger partial charge in [-0.25, -0.2) is 0 Å². The van der Waals surface area contributed by atoms with Gasteiger partial charge in [0, 0.05) is 11.4 Å². The number of nitrogens with zero attached hydrogens (tertiary/aromatic N) is 1. The van der Waals surface area contributed by atoms with Crippen molar-refractivity contribution in [2.24, 2.45) is 0 Å². The average Bonchev–Trinajstić information content (AvgIpc) is 2.85. The van der Waals surface area contributed by atoms with E-state index in [2.05, 4.69) is 0 Å². The molecule has 1 heterocycles. The second-order valence-electron chi connectivity index (χ2n) is 5.69. The first-order chi connectivity index (χ1) is 10.6. The summed E-state index contributed by atoms with van der Waals surface area (Å²) in [5.41, 5.74) is 1.25. The summed E-state index contributed by atoms with van der Waals surface area (Å²) in [6, 6.07) is 17.4. The molecule has 0 aliphatic carbocycles. The van der Waals surface area contributed by atoms with Crippen LogP contribution >= 0.6 is 11.6 Å². The van der Waals surface area contributed by atoms with E-state index in [4.69, 9.17) is 16.4 Å². The summed E-state index contributed by atoms with van der Waals surface area (Å²) in [5, 5.41) is 2.45. The van der Waals surface area contributed by atoms with Crippen molar-refractivity contribution in [2.75, 3.05) is 0 Å². The van der Waals surface area contributed by atoms with Crippen molar-refractivity contribution in [3.63, 3.8) is 0 Å². The van der Waals surface area contributed by atoms with E-state index in [1.54, 1.807) is 5.06 Å². The Labute approximate surface area is 135 Å². The third-order valence-corrected chi connectivity index (χ3v) is 4.31. The van der Waals surface area contributed by atoms with E-state index in [-0.39, 0.29) is 6.10 Å². The van der Waals surface area contributed by atoms with Crippen molar-refractivity contribution in [3.8, 4) is 0 Å². The zero-order valence-corrected chi connectivity index (χ0v) is 13.2. The SMILES string of the molecule is C[C@@H]1C[C@](C=O)(c2ccc(Cl)cc2)N(Cc2ccccc2)O1. The number of carbonyl (C=O) groups is 1. The maximum Gasteiger partial charge on any atom is 0.147 e. The molecule has 1 saturated heterocycles. The molecule has 2 atom stereocenters. The van der Waals surface area contributed by atoms with E-state index in [1.807, 2.05) is 61.5 Å². The van der Waals surface area contributed by atoms with Gasteiger partial charge in [0.05, 0.1) is 12.6 Å². The highest BCUT2D eigenvalue weighted by Gasteiger charge is 2.47. The number of hydroxylamine groups is 2. The molecule has 0 amide bonds. The van der Waals surface area contributed by atoms with Crippen molar-refractivity contribution in [1.29, 1.82) is 0 Å². The molecular weight excluding hydrogens is 298 g/mol. The van der Waals surface area contributed by atoms with Crippen LogP contribution in [0.1, 0.15) is 24.5 Å². The summed E-state index contributed by atoms with van der Waals surface area (Å²) in [6.07, 6.45) is 1.61. The summed E-state index contributed by atoms with van der Waals surface area (Å²) in [6.45, 7) is 2.55. The number of benzene rings is 2. The zero-order valence-electron chi connectivity index (χ0n) is 12.4. The van der Waals surface area contributed by atoms with E-state index in [1.165, 1.54) is 0 Å². The Morgan fingerprint density at radius 1 is 1.23 bits per heavy atom. The quantitative estimate of drug-likeness (QED) is 0.800. The van der Waals surface area contributed by atoms with Crippen LogP contribution in [0.5, 0.6) is 0 Å². The molecule has 0 unspecified atom stereocenters. The lowest BCUT2D eigenvalue weighted by molar-refractivity contribution is -0.191. The topological polar surface area (TPSA) is 29.5 Å². The summed E-state index contributed by atoms with van der Waals surface area (Å²) >= 11 is 5.97. The minimum atomic E-state index is -0.764. The van der Waals surface area contributed by atoms with E-state index in [0.717, 1.165) is 17.4 Å². The Balaban J connectivity index is 1.96. The highest BCUT2D eigenvalue weighted by atomic mass is 35.5. The Morgan fingerprint density at radius 3 is 2.55 bits per heavy atom. The van der Waals surface area contributed by atoms with Gasteiger partial charge in [0.25, 0.3) is 0 Å². The fraction of sp³-hybridized carbons (Fsp3) is 0.278. The first-order valence-corrected chi connectivity index (χ1v) is 7.72. The largest absolute Gasteiger partial charge is 0.301 e. The molecule has 3 nitrogen and oxygen atoms in total. The maximum absolute atomic E-state index is 12.0. The van der Waals surface area contributed by atoms with Gasteiger partial charge in [-0.15, -0.1) is 0 Å². The molecule has 2 aromatic rings. The van der Waals surface area contributed by atoms with Crippen LogP contribution in [-0.4, -0.2) is 17.5 Å². The molecule has 0 radical (unpaired) electrons. The molecule has 0 saturated carbocycles. The predicted molar refractivity (Wildman–Crippen MR) is 86.3 cm³/mol. The van der Waals surface area contributed by atoms with Crippen LogP contribution in [-0.2, 0) is 21.7 Å². The van der Waals surface area contributed by atoms with Crippen LogP contribution < -0.4 is 0 Å². The van der Waals surface area contributed by atoms with Crippen LogP contribution in [0.25, 0.3) is 0 Å². The van der Waals surface area contributed by atoms with Crippen LogP contribution in [0.3, 0.4) is 0 Å². The lowest BCUT2D eigenvalue weighted by Gasteiger charge is -2.32. The van der Waals surface area contributed by atoms with Crippen molar-refractivity contribution in [1.82, 2.24) is 5.06 Å². The number of hydrogen-bond donors (Lipinski definition) is 0.